The van der Waals surface area contributed by atoms with E-state index in [1.165, 1.54) is 6.42 Å². The van der Waals surface area contributed by atoms with E-state index in [1.807, 2.05) is 6.92 Å². The van der Waals surface area contributed by atoms with Gasteiger partial charge in [-0.25, -0.2) is 18.1 Å². The molecule has 1 aliphatic carbocycles. The topological polar surface area (TPSA) is 71.1 Å². The second-order valence-electron chi connectivity index (χ2n) is 5.67. The lowest BCUT2D eigenvalue weighted by molar-refractivity contribution is 0.498. The molecule has 2 unspecified atom stereocenters. The molecule has 0 spiro atoms. The fraction of sp³-hybridized carbons (Fsp3) is 0.643. The first-order valence-electron chi connectivity index (χ1n) is 7.31. The van der Waals surface area contributed by atoms with Crippen LogP contribution in [-0.2, 0) is 10.0 Å². The number of halogens is 1. The van der Waals surface area contributed by atoms with Crippen LogP contribution in [0, 0.1) is 11.8 Å². The Labute approximate surface area is 135 Å². The zero-order valence-electron chi connectivity index (χ0n) is 12.4. The standard InChI is InChI=1S/C14H22BrN3O2S/c1-3-16-14-13(7-12(15)9-17-14)21(19,20)18-8-11-5-4-10(2)6-11/h7,9-11,18H,3-6,8H2,1-2H3,(H,16,17). The Morgan fingerprint density at radius 1 is 1.43 bits per heavy atom. The summed E-state index contributed by atoms with van der Waals surface area (Å²) in [4.78, 5) is 4.35. The van der Waals surface area contributed by atoms with Crippen LogP contribution in [0.2, 0.25) is 0 Å². The molecule has 5 nitrogen and oxygen atoms in total. The van der Waals surface area contributed by atoms with Crippen LogP contribution in [0.1, 0.15) is 33.1 Å². The Kier molecular flexibility index (Phi) is 5.62. The van der Waals surface area contributed by atoms with Crippen LogP contribution < -0.4 is 10.0 Å². The van der Waals surface area contributed by atoms with E-state index < -0.39 is 10.0 Å². The minimum atomic E-state index is -3.55. The molecule has 0 amide bonds. The average Bonchev–Trinajstić information content (AvgIpc) is 2.85. The van der Waals surface area contributed by atoms with Crippen molar-refractivity contribution in [2.75, 3.05) is 18.4 Å². The highest BCUT2D eigenvalue weighted by Crippen LogP contribution is 2.30. The van der Waals surface area contributed by atoms with Gasteiger partial charge in [0, 0.05) is 23.8 Å². The van der Waals surface area contributed by atoms with Crippen molar-refractivity contribution in [2.24, 2.45) is 11.8 Å². The van der Waals surface area contributed by atoms with E-state index in [0.29, 0.717) is 35.2 Å². The van der Waals surface area contributed by atoms with Gasteiger partial charge in [0.1, 0.15) is 10.7 Å². The summed E-state index contributed by atoms with van der Waals surface area (Å²) in [6.45, 7) is 5.26. The van der Waals surface area contributed by atoms with Gasteiger partial charge in [-0.1, -0.05) is 13.3 Å². The molecule has 2 N–H and O–H groups in total. The van der Waals surface area contributed by atoms with Crippen LogP contribution in [-0.4, -0.2) is 26.5 Å². The predicted octanol–water partition coefficient (Wildman–Crippen LogP) is 2.99. The summed E-state index contributed by atoms with van der Waals surface area (Å²) in [5.41, 5.74) is 0. The Balaban J connectivity index is 2.13. The number of hydrogen-bond donors (Lipinski definition) is 2. The van der Waals surface area contributed by atoms with Crippen molar-refractivity contribution in [1.29, 1.82) is 0 Å². The summed E-state index contributed by atoms with van der Waals surface area (Å²) in [6.07, 6.45) is 4.98. The van der Waals surface area contributed by atoms with Gasteiger partial charge in [-0.2, -0.15) is 0 Å². The van der Waals surface area contributed by atoms with Crippen LogP contribution in [0.25, 0.3) is 0 Å². The number of hydrogen-bond acceptors (Lipinski definition) is 4. The number of pyridine rings is 1. The summed E-state index contributed by atoms with van der Waals surface area (Å²) >= 11 is 3.28. The van der Waals surface area contributed by atoms with Crippen molar-refractivity contribution < 1.29 is 8.42 Å². The maximum atomic E-state index is 12.5. The number of rotatable bonds is 6. The molecular weight excluding hydrogens is 354 g/mol. The first kappa shape index (κ1) is 16.7. The number of sulfonamides is 1. The summed E-state index contributed by atoms with van der Waals surface area (Å²) in [6, 6.07) is 1.59. The van der Waals surface area contributed by atoms with Crippen molar-refractivity contribution in [3.8, 4) is 0 Å². The molecule has 1 heterocycles. The molecule has 0 saturated heterocycles. The molecule has 1 fully saturated rings. The van der Waals surface area contributed by atoms with Gasteiger partial charge in [-0.3, -0.25) is 0 Å². The molecule has 2 atom stereocenters. The van der Waals surface area contributed by atoms with E-state index in [2.05, 4.69) is 37.9 Å². The third-order valence-corrected chi connectivity index (χ3v) is 5.69. The zero-order valence-corrected chi connectivity index (χ0v) is 14.8. The summed E-state index contributed by atoms with van der Waals surface area (Å²) in [7, 11) is -3.55. The van der Waals surface area contributed by atoms with Gasteiger partial charge in [0.05, 0.1) is 0 Å². The van der Waals surface area contributed by atoms with Crippen molar-refractivity contribution in [1.82, 2.24) is 9.71 Å². The molecule has 2 rings (SSSR count). The molecule has 7 heteroatoms. The van der Waals surface area contributed by atoms with Gasteiger partial charge in [0.2, 0.25) is 10.0 Å². The molecule has 0 aliphatic heterocycles. The Bertz CT molecular complexity index is 592. The highest BCUT2D eigenvalue weighted by atomic mass is 79.9. The lowest BCUT2D eigenvalue weighted by atomic mass is 10.1. The quantitative estimate of drug-likeness (QED) is 0.801. The van der Waals surface area contributed by atoms with Crippen LogP contribution in [0.4, 0.5) is 5.82 Å². The van der Waals surface area contributed by atoms with E-state index in [1.54, 1.807) is 12.3 Å². The van der Waals surface area contributed by atoms with Crippen LogP contribution in [0.3, 0.4) is 0 Å². The van der Waals surface area contributed by atoms with E-state index >= 15 is 0 Å². The lowest BCUT2D eigenvalue weighted by Gasteiger charge is -2.14. The third-order valence-electron chi connectivity index (χ3n) is 3.82. The highest BCUT2D eigenvalue weighted by molar-refractivity contribution is 9.10. The molecule has 0 bridgehead atoms. The molecule has 21 heavy (non-hydrogen) atoms. The molecule has 1 saturated carbocycles. The van der Waals surface area contributed by atoms with Crippen LogP contribution in [0.15, 0.2) is 21.6 Å². The van der Waals surface area contributed by atoms with Crippen molar-refractivity contribution >= 4 is 31.8 Å². The van der Waals surface area contributed by atoms with Gasteiger partial charge in [-0.15, -0.1) is 0 Å². The van der Waals surface area contributed by atoms with E-state index in [4.69, 9.17) is 0 Å². The Morgan fingerprint density at radius 3 is 2.81 bits per heavy atom. The first-order chi connectivity index (χ1) is 9.92. The SMILES string of the molecule is CCNc1ncc(Br)cc1S(=O)(=O)NCC1CCC(C)C1. The predicted molar refractivity (Wildman–Crippen MR) is 87.8 cm³/mol. The van der Waals surface area contributed by atoms with Crippen LogP contribution in [0.5, 0.6) is 0 Å². The smallest absolute Gasteiger partial charge is 0.244 e. The molecular formula is C14H22BrN3O2S. The summed E-state index contributed by atoms with van der Waals surface area (Å²) in [5, 5.41) is 2.99. The maximum Gasteiger partial charge on any atom is 0.244 e. The molecule has 1 aromatic heterocycles. The van der Waals surface area contributed by atoms with E-state index in [9.17, 15) is 8.42 Å². The van der Waals surface area contributed by atoms with Crippen molar-refractivity contribution in [3.63, 3.8) is 0 Å². The van der Waals surface area contributed by atoms with Gasteiger partial charge in [0.15, 0.2) is 0 Å². The normalized spacial score (nSPS) is 22.4. The second kappa shape index (κ2) is 7.07. The number of nitrogens with one attached hydrogen (secondary N) is 2. The van der Waals surface area contributed by atoms with E-state index in [-0.39, 0.29) is 4.90 Å². The van der Waals surface area contributed by atoms with Crippen molar-refractivity contribution in [3.05, 3.63) is 16.7 Å². The summed E-state index contributed by atoms with van der Waals surface area (Å²) < 4.78 is 28.4. The van der Waals surface area contributed by atoms with Gasteiger partial charge < -0.3 is 5.32 Å². The summed E-state index contributed by atoms with van der Waals surface area (Å²) in [5.74, 6) is 1.54. The lowest BCUT2D eigenvalue weighted by Crippen LogP contribution is -2.29. The van der Waals surface area contributed by atoms with E-state index in [0.717, 1.165) is 12.8 Å². The minimum absolute atomic E-state index is 0.199. The molecule has 1 aliphatic rings. The van der Waals surface area contributed by atoms with Gasteiger partial charge >= 0.3 is 0 Å². The molecule has 118 valence electrons. The molecule has 0 radical (unpaired) electrons. The number of anilines is 1. The molecule has 0 aromatic carbocycles. The minimum Gasteiger partial charge on any atom is -0.369 e. The largest absolute Gasteiger partial charge is 0.369 e. The zero-order chi connectivity index (χ0) is 15.5. The Hall–Kier alpha value is -0.660. The van der Waals surface area contributed by atoms with Gasteiger partial charge in [0.25, 0.3) is 0 Å². The first-order valence-corrected chi connectivity index (χ1v) is 9.59. The van der Waals surface area contributed by atoms with Gasteiger partial charge in [-0.05, 0) is 53.6 Å². The Morgan fingerprint density at radius 2 is 2.19 bits per heavy atom. The van der Waals surface area contributed by atoms with Crippen molar-refractivity contribution in [2.45, 2.75) is 38.0 Å². The fourth-order valence-electron chi connectivity index (χ4n) is 2.74. The average molecular weight is 376 g/mol. The fourth-order valence-corrected chi connectivity index (χ4v) is 4.50. The molecule has 1 aromatic rings. The monoisotopic (exact) mass is 375 g/mol. The number of nitrogens with zero attached hydrogens (tertiary/aromatic N) is 1. The third kappa shape index (κ3) is 4.40. The number of aromatic nitrogens is 1. The maximum absolute atomic E-state index is 12.5. The van der Waals surface area contributed by atoms with Crippen LogP contribution >= 0.6 is 15.9 Å². The highest BCUT2D eigenvalue weighted by Gasteiger charge is 2.25. The second-order valence-corrected chi connectivity index (χ2v) is 8.32.